The molecule has 10 heteroatoms. The molecule has 2 aromatic carbocycles. The van der Waals surface area contributed by atoms with Gasteiger partial charge in [-0.25, -0.2) is 8.42 Å². The van der Waals surface area contributed by atoms with Crippen molar-refractivity contribution in [1.82, 2.24) is 4.90 Å². The lowest BCUT2D eigenvalue weighted by Crippen LogP contribution is -2.28. The molecule has 1 heterocycles. The van der Waals surface area contributed by atoms with Gasteiger partial charge >= 0.3 is 6.18 Å². The topological polar surface area (TPSA) is 75.7 Å². The number of sulfonamides is 1. The summed E-state index contributed by atoms with van der Waals surface area (Å²) >= 11 is 0. The highest BCUT2D eigenvalue weighted by Crippen LogP contribution is 2.31. The summed E-state index contributed by atoms with van der Waals surface area (Å²) in [7, 11) is -2.74. The van der Waals surface area contributed by atoms with E-state index in [4.69, 9.17) is 4.74 Å². The molecule has 1 aliphatic rings. The van der Waals surface area contributed by atoms with Crippen molar-refractivity contribution >= 4 is 21.6 Å². The number of alkyl halides is 3. The smallest absolute Gasteiger partial charge is 0.416 e. The standard InChI is InChI=1S/C19H19F3N2O4S/c1-28-17-9-8-15(12-16(17)18(25)24-10-2-3-11-24)29(26,27)23-14-6-4-13(5-7-14)19(20,21)22/h4-9,12,23H,2-3,10-11H2,1H3. The molecule has 0 bridgehead atoms. The number of likely N-dealkylation sites (tertiary alicyclic amines) is 1. The second kappa shape index (κ2) is 7.94. The van der Waals surface area contributed by atoms with Crippen LogP contribution in [0.4, 0.5) is 18.9 Å². The Hall–Kier alpha value is -2.75. The fourth-order valence-electron chi connectivity index (χ4n) is 3.05. The van der Waals surface area contributed by atoms with E-state index in [-0.39, 0.29) is 27.8 Å². The molecule has 6 nitrogen and oxygen atoms in total. The normalized spacial score (nSPS) is 14.7. The number of rotatable bonds is 5. The third-order valence-corrected chi connectivity index (χ3v) is 5.95. The highest BCUT2D eigenvalue weighted by atomic mass is 32.2. The van der Waals surface area contributed by atoms with E-state index in [1.54, 1.807) is 4.90 Å². The van der Waals surface area contributed by atoms with Crippen molar-refractivity contribution in [1.29, 1.82) is 0 Å². The molecule has 3 rings (SSSR count). The third-order valence-electron chi connectivity index (χ3n) is 4.57. The average molecular weight is 428 g/mol. The van der Waals surface area contributed by atoms with E-state index in [9.17, 15) is 26.4 Å². The van der Waals surface area contributed by atoms with Gasteiger partial charge in [0, 0.05) is 18.8 Å². The Kier molecular flexibility index (Phi) is 5.74. The fourth-order valence-corrected chi connectivity index (χ4v) is 4.14. The number of methoxy groups -OCH3 is 1. The summed E-state index contributed by atoms with van der Waals surface area (Å²) in [6, 6.07) is 7.49. The van der Waals surface area contributed by atoms with Crippen LogP contribution in [-0.2, 0) is 16.2 Å². The first-order chi connectivity index (χ1) is 13.6. The van der Waals surface area contributed by atoms with Gasteiger partial charge in [0.05, 0.1) is 23.1 Å². The van der Waals surface area contributed by atoms with Crippen molar-refractivity contribution in [2.24, 2.45) is 0 Å². The number of amides is 1. The Labute approximate surface area is 166 Å². The van der Waals surface area contributed by atoms with E-state index >= 15 is 0 Å². The molecule has 1 fully saturated rings. The zero-order valence-electron chi connectivity index (χ0n) is 15.5. The molecule has 1 saturated heterocycles. The third kappa shape index (κ3) is 4.64. The molecular formula is C19H19F3N2O4S. The summed E-state index contributed by atoms with van der Waals surface area (Å²) in [6.07, 6.45) is -2.76. The first-order valence-electron chi connectivity index (χ1n) is 8.79. The van der Waals surface area contributed by atoms with E-state index in [2.05, 4.69) is 4.72 Å². The van der Waals surface area contributed by atoms with E-state index in [0.717, 1.165) is 37.1 Å². The van der Waals surface area contributed by atoms with Gasteiger partial charge in [-0.1, -0.05) is 0 Å². The summed E-state index contributed by atoms with van der Waals surface area (Å²) in [4.78, 5) is 14.1. The largest absolute Gasteiger partial charge is 0.496 e. The van der Waals surface area contributed by atoms with Gasteiger partial charge in [-0.3, -0.25) is 9.52 Å². The van der Waals surface area contributed by atoms with Crippen molar-refractivity contribution in [3.8, 4) is 5.75 Å². The van der Waals surface area contributed by atoms with Crippen LogP contribution >= 0.6 is 0 Å². The maximum Gasteiger partial charge on any atom is 0.416 e. The second-order valence-electron chi connectivity index (χ2n) is 6.54. The number of nitrogens with zero attached hydrogens (tertiary/aromatic N) is 1. The predicted molar refractivity (Wildman–Crippen MR) is 100 cm³/mol. The molecule has 0 radical (unpaired) electrons. The number of hydrogen-bond donors (Lipinski definition) is 1. The van der Waals surface area contributed by atoms with Crippen LogP contribution in [-0.4, -0.2) is 39.4 Å². The number of benzene rings is 2. The SMILES string of the molecule is COc1ccc(S(=O)(=O)Nc2ccc(C(F)(F)F)cc2)cc1C(=O)N1CCCC1. The van der Waals surface area contributed by atoms with Crippen LogP contribution in [0.1, 0.15) is 28.8 Å². The highest BCUT2D eigenvalue weighted by molar-refractivity contribution is 7.92. The first kappa shape index (κ1) is 21.0. The molecule has 0 spiro atoms. The van der Waals surface area contributed by atoms with Crippen LogP contribution in [0.25, 0.3) is 0 Å². The Morgan fingerprint density at radius 3 is 2.24 bits per heavy atom. The van der Waals surface area contributed by atoms with Gasteiger partial charge in [0.2, 0.25) is 0 Å². The van der Waals surface area contributed by atoms with E-state index < -0.39 is 21.8 Å². The first-order valence-corrected chi connectivity index (χ1v) is 10.3. The Bertz CT molecular complexity index is 999. The summed E-state index contributed by atoms with van der Waals surface area (Å²) in [5, 5.41) is 0. The van der Waals surface area contributed by atoms with Crippen LogP contribution in [0.5, 0.6) is 5.75 Å². The Balaban J connectivity index is 1.88. The number of anilines is 1. The molecule has 1 amide bonds. The van der Waals surface area contributed by atoms with Crippen LogP contribution in [0.15, 0.2) is 47.4 Å². The van der Waals surface area contributed by atoms with E-state index in [1.165, 1.54) is 25.3 Å². The molecule has 0 atom stereocenters. The molecule has 0 saturated carbocycles. The molecule has 1 N–H and O–H groups in total. The number of carbonyl (C=O) groups excluding carboxylic acids is 1. The number of carbonyl (C=O) groups is 1. The Morgan fingerprint density at radius 1 is 1.07 bits per heavy atom. The van der Waals surface area contributed by atoms with Gasteiger partial charge < -0.3 is 9.64 Å². The molecule has 29 heavy (non-hydrogen) atoms. The quantitative estimate of drug-likeness (QED) is 0.787. The minimum absolute atomic E-state index is 0.0266. The monoisotopic (exact) mass is 428 g/mol. The molecule has 1 aliphatic heterocycles. The maximum atomic E-state index is 12.7. The predicted octanol–water partition coefficient (Wildman–Crippen LogP) is 3.75. The second-order valence-corrected chi connectivity index (χ2v) is 8.22. The van der Waals surface area contributed by atoms with Crippen molar-refractivity contribution in [3.05, 3.63) is 53.6 Å². The fraction of sp³-hybridized carbons (Fsp3) is 0.316. The number of nitrogens with one attached hydrogen (secondary N) is 1. The molecule has 0 aliphatic carbocycles. The van der Waals surface area contributed by atoms with Crippen LogP contribution in [0.3, 0.4) is 0 Å². The minimum Gasteiger partial charge on any atom is -0.496 e. The van der Waals surface area contributed by atoms with Gasteiger partial charge in [-0.05, 0) is 55.3 Å². The maximum absolute atomic E-state index is 12.7. The molecular weight excluding hydrogens is 409 g/mol. The molecule has 0 aromatic heterocycles. The zero-order valence-corrected chi connectivity index (χ0v) is 16.3. The van der Waals surface area contributed by atoms with Gasteiger partial charge in [0.15, 0.2) is 0 Å². The number of halogens is 3. The van der Waals surface area contributed by atoms with Gasteiger partial charge in [-0.2, -0.15) is 13.2 Å². The van der Waals surface area contributed by atoms with E-state index in [1.807, 2.05) is 0 Å². The summed E-state index contributed by atoms with van der Waals surface area (Å²) in [6.45, 7) is 1.17. The summed E-state index contributed by atoms with van der Waals surface area (Å²) in [5.74, 6) is -0.0821. The molecule has 156 valence electrons. The number of hydrogen-bond acceptors (Lipinski definition) is 4. The van der Waals surface area contributed by atoms with Crippen LogP contribution < -0.4 is 9.46 Å². The van der Waals surface area contributed by atoms with Crippen LogP contribution in [0, 0.1) is 0 Å². The lowest BCUT2D eigenvalue weighted by Gasteiger charge is -2.18. The molecule has 2 aromatic rings. The van der Waals surface area contributed by atoms with Gasteiger partial charge in [-0.15, -0.1) is 0 Å². The highest BCUT2D eigenvalue weighted by Gasteiger charge is 2.30. The van der Waals surface area contributed by atoms with Gasteiger partial charge in [0.1, 0.15) is 5.75 Å². The van der Waals surface area contributed by atoms with Crippen molar-refractivity contribution < 1.29 is 31.1 Å². The van der Waals surface area contributed by atoms with Gasteiger partial charge in [0.25, 0.3) is 15.9 Å². The zero-order chi connectivity index (χ0) is 21.2. The van der Waals surface area contributed by atoms with Crippen LogP contribution in [0.2, 0.25) is 0 Å². The van der Waals surface area contributed by atoms with Crippen molar-refractivity contribution in [2.75, 3.05) is 24.9 Å². The van der Waals surface area contributed by atoms with Crippen molar-refractivity contribution in [3.63, 3.8) is 0 Å². The lowest BCUT2D eigenvalue weighted by atomic mass is 10.1. The minimum atomic E-state index is -4.52. The lowest BCUT2D eigenvalue weighted by molar-refractivity contribution is -0.137. The Morgan fingerprint density at radius 2 is 1.69 bits per heavy atom. The average Bonchev–Trinajstić information content (AvgIpc) is 3.21. The summed E-state index contributed by atoms with van der Waals surface area (Å²) < 4.78 is 70.7. The number of ether oxygens (including phenoxy) is 1. The van der Waals surface area contributed by atoms with Crippen molar-refractivity contribution in [2.45, 2.75) is 23.9 Å². The summed E-state index contributed by atoms with van der Waals surface area (Å²) in [5.41, 5.74) is -0.797. The molecule has 0 unspecified atom stereocenters. The van der Waals surface area contributed by atoms with E-state index in [0.29, 0.717) is 13.1 Å².